The van der Waals surface area contributed by atoms with Crippen LogP contribution < -0.4 is 14.4 Å². The second-order valence-corrected chi connectivity index (χ2v) is 13.6. The number of methoxy groups -OCH3 is 1. The van der Waals surface area contributed by atoms with Crippen molar-refractivity contribution < 1.29 is 22.7 Å². The third kappa shape index (κ3) is 8.40. The van der Waals surface area contributed by atoms with Crippen molar-refractivity contribution >= 4 is 50.7 Å². The van der Waals surface area contributed by atoms with Crippen LogP contribution >= 0.6 is 23.2 Å². The first kappa shape index (κ1) is 33.2. The normalized spacial score (nSPS) is 12.4. The van der Waals surface area contributed by atoms with Crippen molar-refractivity contribution in [1.29, 1.82) is 0 Å². The summed E-state index contributed by atoms with van der Waals surface area (Å²) in [5.74, 6) is -0.504. The van der Waals surface area contributed by atoms with Crippen LogP contribution in [0.5, 0.6) is 5.75 Å². The predicted octanol–water partition coefficient (Wildman–Crippen LogP) is 6.23. The molecule has 0 aliphatic heterocycles. The SMILES string of the molecule is CCC(C(=O)NC(C)(C)C)N(Cc1ccc(Cl)c(Cl)c1)C(=O)CN(c1cccc(OC)c1)S(=O)(=O)c1ccc(C)cc1. The Labute approximate surface area is 258 Å². The number of benzene rings is 3. The van der Waals surface area contributed by atoms with Gasteiger partial charge < -0.3 is 15.0 Å². The summed E-state index contributed by atoms with van der Waals surface area (Å²) in [6.07, 6.45) is 0.291. The first-order valence-corrected chi connectivity index (χ1v) is 15.6. The van der Waals surface area contributed by atoms with E-state index in [9.17, 15) is 18.0 Å². The van der Waals surface area contributed by atoms with Crippen LogP contribution in [0.25, 0.3) is 0 Å². The first-order valence-electron chi connectivity index (χ1n) is 13.4. The second-order valence-electron chi connectivity index (χ2n) is 11.0. The molecule has 3 aromatic carbocycles. The molecule has 1 N–H and O–H groups in total. The molecule has 2 amide bonds. The highest BCUT2D eigenvalue weighted by Gasteiger charge is 2.34. The van der Waals surface area contributed by atoms with Gasteiger partial charge in [-0.05, 0) is 76.1 Å². The Hall–Kier alpha value is -3.27. The quantitative estimate of drug-likeness (QED) is 0.270. The molecule has 0 heterocycles. The fourth-order valence-corrected chi connectivity index (χ4v) is 6.07. The molecule has 0 saturated carbocycles. The molecule has 0 fully saturated rings. The largest absolute Gasteiger partial charge is 0.497 e. The lowest BCUT2D eigenvalue weighted by Crippen LogP contribution is -2.55. The van der Waals surface area contributed by atoms with Crippen LogP contribution in [0.4, 0.5) is 5.69 Å². The molecule has 1 atom stereocenters. The van der Waals surface area contributed by atoms with Crippen LogP contribution in [0, 0.1) is 6.92 Å². The Morgan fingerprint density at radius 3 is 2.21 bits per heavy atom. The van der Waals surface area contributed by atoms with E-state index in [1.165, 1.54) is 24.1 Å². The summed E-state index contributed by atoms with van der Waals surface area (Å²) in [5, 5.41) is 3.60. The molecule has 0 aromatic heterocycles. The average Bonchev–Trinajstić information content (AvgIpc) is 2.92. The molecule has 0 aliphatic rings. The van der Waals surface area contributed by atoms with E-state index in [0.29, 0.717) is 27.8 Å². The minimum absolute atomic E-state index is 0.00230. The third-order valence-electron chi connectivity index (χ3n) is 6.45. The maximum Gasteiger partial charge on any atom is 0.264 e. The molecule has 0 spiro atoms. The zero-order chi connectivity index (χ0) is 31.2. The highest BCUT2D eigenvalue weighted by Crippen LogP contribution is 2.29. The zero-order valence-corrected chi connectivity index (χ0v) is 27.0. The van der Waals surface area contributed by atoms with E-state index in [4.69, 9.17) is 27.9 Å². The van der Waals surface area contributed by atoms with Crippen LogP contribution in [0.2, 0.25) is 10.0 Å². The lowest BCUT2D eigenvalue weighted by Gasteiger charge is -2.35. The number of carbonyl (C=O) groups is 2. The van der Waals surface area contributed by atoms with Gasteiger partial charge in [-0.25, -0.2) is 8.42 Å². The molecule has 0 saturated heterocycles. The zero-order valence-electron chi connectivity index (χ0n) is 24.6. The van der Waals surface area contributed by atoms with Crippen molar-refractivity contribution in [3.8, 4) is 5.75 Å². The van der Waals surface area contributed by atoms with Gasteiger partial charge in [0.25, 0.3) is 10.0 Å². The standard InChI is InChI=1S/C31H37Cl2N3O5S/c1-7-28(30(38)34-31(3,4)5)35(19-22-13-16-26(32)27(33)17-22)29(37)20-36(23-9-8-10-24(18-23)41-6)42(39,40)25-14-11-21(2)12-15-25/h8-18,28H,7,19-20H2,1-6H3,(H,34,38). The summed E-state index contributed by atoms with van der Waals surface area (Å²) in [7, 11) is -2.73. The molecule has 42 heavy (non-hydrogen) atoms. The summed E-state index contributed by atoms with van der Waals surface area (Å²) >= 11 is 12.4. The van der Waals surface area contributed by atoms with E-state index in [-0.39, 0.29) is 23.0 Å². The lowest BCUT2D eigenvalue weighted by atomic mass is 10.1. The average molecular weight is 635 g/mol. The number of ether oxygens (including phenoxy) is 1. The maximum atomic E-state index is 14.2. The minimum Gasteiger partial charge on any atom is -0.497 e. The van der Waals surface area contributed by atoms with Crippen molar-refractivity contribution in [2.75, 3.05) is 18.0 Å². The van der Waals surface area contributed by atoms with Gasteiger partial charge >= 0.3 is 0 Å². The molecular formula is C31H37Cl2N3O5S. The monoisotopic (exact) mass is 633 g/mol. The van der Waals surface area contributed by atoms with Gasteiger partial charge in [-0.1, -0.05) is 60.0 Å². The van der Waals surface area contributed by atoms with Gasteiger partial charge in [-0.15, -0.1) is 0 Å². The van der Waals surface area contributed by atoms with Crippen molar-refractivity contribution in [2.45, 2.75) is 64.1 Å². The van der Waals surface area contributed by atoms with E-state index < -0.39 is 34.1 Å². The Balaban J connectivity index is 2.11. The van der Waals surface area contributed by atoms with Crippen LogP contribution in [0.1, 0.15) is 45.2 Å². The number of carbonyl (C=O) groups excluding carboxylic acids is 2. The molecule has 0 radical (unpaired) electrons. The summed E-state index contributed by atoms with van der Waals surface area (Å²) in [5.41, 5.74) is 1.21. The van der Waals surface area contributed by atoms with Crippen molar-refractivity contribution in [3.63, 3.8) is 0 Å². The highest BCUT2D eigenvalue weighted by molar-refractivity contribution is 7.92. The van der Waals surface area contributed by atoms with Gasteiger partial charge in [-0.3, -0.25) is 13.9 Å². The Morgan fingerprint density at radius 2 is 1.64 bits per heavy atom. The molecule has 0 bridgehead atoms. The van der Waals surface area contributed by atoms with Gasteiger partial charge in [0.05, 0.1) is 27.7 Å². The number of hydrogen-bond donors (Lipinski definition) is 1. The van der Waals surface area contributed by atoms with Crippen molar-refractivity contribution in [1.82, 2.24) is 10.2 Å². The summed E-state index contributed by atoms with van der Waals surface area (Å²) < 4.78 is 34.4. The van der Waals surface area contributed by atoms with Crippen LogP contribution in [-0.4, -0.2) is 50.4 Å². The molecule has 3 rings (SSSR count). The molecule has 3 aromatic rings. The number of nitrogens with one attached hydrogen (secondary N) is 1. The number of anilines is 1. The third-order valence-corrected chi connectivity index (χ3v) is 8.98. The van der Waals surface area contributed by atoms with E-state index in [1.807, 2.05) is 27.7 Å². The Kier molecular flexibility index (Phi) is 10.9. The van der Waals surface area contributed by atoms with Crippen LogP contribution in [0.15, 0.2) is 71.6 Å². The molecule has 226 valence electrons. The summed E-state index contributed by atoms with van der Waals surface area (Å²) in [6, 6.07) is 16.9. The highest BCUT2D eigenvalue weighted by atomic mass is 35.5. The van der Waals surface area contributed by atoms with Crippen LogP contribution in [0.3, 0.4) is 0 Å². The molecule has 11 heteroatoms. The number of rotatable bonds is 11. The smallest absolute Gasteiger partial charge is 0.264 e. The maximum absolute atomic E-state index is 14.2. The van der Waals surface area contributed by atoms with E-state index in [1.54, 1.807) is 61.5 Å². The summed E-state index contributed by atoms with van der Waals surface area (Å²) in [6.45, 7) is 8.63. The Bertz CT molecular complexity index is 1520. The van der Waals surface area contributed by atoms with Crippen molar-refractivity contribution in [3.05, 3.63) is 87.9 Å². The fourth-order valence-electron chi connectivity index (χ4n) is 4.34. The molecular weight excluding hydrogens is 597 g/mol. The molecule has 1 unspecified atom stereocenters. The van der Waals surface area contributed by atoms with Crippen molar-refractivity contribution in [2.24, 2.45) is 0 Å². The number of aryl methyl sites for hydroxylation is 1. The number of hydrogen-bond acceptors (Lipinski definition) is 5. The van der Waals surface area contributed by atoms with Gasteiger partial charge in [0, 0.05) is 18.2 Å². The minimum atomic E-state index is -4.20. The lowest BCUT2D eigenvalue weighted by molar-refractivity contribution is -0.141. The second kappa shape index (κ2) is 13.8. The van der Waals surface area contributed by atoms with Gasteiger partial charge in [0.15, 0.2) is 0 Å². The van der Waals surface area contributed by atoms with Crippen LogP contribution in [-0.2, 0) is 26.2 Å². The topological polar surface area (TPSA) is 96.0 Å². The van der Waals surface area contributed by atoms with E-state index >= 15 is 0 Å². The Morgan fingerprint density at radius 1 is 0.976 bits per heavy atom. The van der Waals surface area contributed by atoms with E-state index in [2.05, 4.69) is 5.32 Å². The fraction of sp³-hybridized carbons (Fsp3) is 0.355. The summed E-state index contributed by atoms with van der Waals surface area (Å²) in [4.78, 5) is 29.0. The molecule has 8 nitrogen and oxygen atoms in total. The molecule has 0 aliphatic carbocycles. The predicted molar refractivity (Wildman–Crippen MR) is 168 cm³/mol. The first-order chi connectivity index (χ1) is 19.7. The van der Waals surface area contributed by atoms with Gasteiger partial charge in [0.1, 0.15) is 18.3 Å². The number of amides is 2. The van der Waals surface area contributed by atoms with Gasteiger partial charge in [0.2, 0.25) is 11.8 Å². The number of halogens is 2. The number of nitrogens with zero attached hydrogens (tertiary/aromatic N) is 2. The van der Waals surface area contributed by atoms with E-state index in [0.717, 1.165) is 9.87 Å². The number of sulfonamides is 1. The van der Waals surface area contributed by atoms with Gasteiger partial charge in [-0.2, -0.15) is 0 Å².